The van der Waals surface area contributed by atoms with E-state index in [4.69, 9.17) is 5.11 Å². The highest BCUT2D eigenvalue weighted by molar-refractivity contribution is 6.21. The molecule has 0 saturated heterocycles. The molecule has 6 nitrogen and oxygen atoms in total. The van der Waals surface area contributed by atoms with Crippen LogP contribution < -0.4 is 11.3 Å². The molecule has 0 fully saturated rings. The fourth-order valence-corrected chi connectivity index (χ4v) is 0.159. The summed E-state index contributed by atoms with van der Waals surface area (Å²) in [5.41, 5.74) is 2.14. The van der Waals surface area contributed by atoms with E-state index in [2.05, 4.69) is 21.5 Å². The van der Waals surface area contributed by atoms with Crippen molar-refractivity contribution < 1.29 is 9.90 Å². The third-order valence-corrected chi connectivity index (χ3v) is 0.382. The van der Waals surface area contributed by atoms with E-state index in [1.807, 2.05) is 0 Å². The molecule has 4 N–H and O–H groups in total. The number of hydrazone groups is 2. The van der Waals surface area contributed by atoms with Crippen molar-refractivity contribution in [3.05, 3.63) is 0 Å². The van der Waals surface area contributed by atoms with Crippen LogP contribution in [0.1, 0.15) is 0 Å². The lowest BCUT2D eigenvalue weighted by Crippen LogP contribution is -2.06. The highest BCUT2D eigenvalue weighted by Crippen LogP contribution is 1.53. The van der Waals surface area contributed by atoms with Crippen LogP contribution in [0.15, 0.2) is 10.2 Å². The number of aliphatic carboxylic acids is 1. The highest BCUT2D eigenvalue weighted by Gasteiger charge is 1.81. The molecule has 0 bridgehead atoms. The molecule has 6 heteroatoms. The van der Waals surface area contributed by atoms with E-state index in [1.165, 1.54) is 0 Å². The van der Waals surface area contributed by atoms with Gasteiger partial charge in [-0.2, -0.15) is 10.2 Å². The van der Waals surface area contributed by atoms with E-state index >= 15 is 0 Å². The van der Waals surface area contributed by atoms with Crippen molar-refractivity contribution in [2.45, 2.75) is 0 Å². The van der Waals surface area contributed by atoms with E-state index in [-0.39, 0.29) is 0 Å². The Morgan fingerprint density at radius 2 is 2.44 bits per heavy atom. The monoisotopic (exact) mass is 130 g/mol. The molecule has 0 unspecified atom stereocenters. The van der Waals surface area contributed by atoms with Crippen LogP contribution in [0.4, 0.5) is 0 Å². The first-order chi connectivity index (χ1) is 4.27. The Balaban J connectivity index is 3.36. The molecule has 0 radical (unpaired) electrons. The van der Waals surface area contributed by atoms with Gasteiger partial charge in [-0.1, -0.05) is 0 Å². The zero-order valence-electron chi connectivity index (χ0n) is 4.48. The standard InChI is InChI=1S/C3H6N4O2/c4-5-2-7-6-1-3(8)9/h1-2H,4H2,(H,5,7)(H,8,9). The van der Waals surface area contributed by atoms with Crippen LogP contribution in [0.2, 0.25) is 0 Å². The molecule has 0 atom stereocenters. The summed E-state index contributed by atoms with van der Waals surface area (Å²) in [6.45, 7) is 0. The largest absolute Gasteiger partial charge is 0.477 e. The first kappa shape index (κ1) is 7.41. The molecule has 0 aliphatic heterocycles. The Bertz CT molecular complexity index is 141. The van der Waals surface area contributed by atoms with Gasteiger partial charge in [0.2, 0.25) is 0 Å². The molecule has 0 aromatic carbocycles. The van der Waals surface area contributed by atoms with Gasteiger partial charge in [0.1, 0.15) is 12.6 Å². The molecule has 0 heterocycles. The van der Waals surface area contributed by atoms with Gasteiger partial charge in [0.25, 0.3) is 0 Å². The number of nitrogens with two attached hydrogens (primary N) is 1. The van der Waals surface area contributed by atoms with Crippen molar-refractivity contribution in [3.8, 4) is 0 Å². The maximum Gasteiger partial charge on any atom is 0.348 e. The van der Waals surface area contributed by atoms with E-state index < -0.39 is 5.97 Å². The number of carboxylic acids is 1. The van der Waals surface area contributed by atoms with Gasteiger partial charge in [0, 0.05) is 0 Å². The minimum absolute atomic E-state index is 0.682. The van der Waals surface area contributed by atoms with Gasteiger partial charge in [-0.25, -0.2) is 4.79 Å². The summed E-state index contributed by atoms with van der Waals surface area (Å²) in [5, 5.41) is 14.1. The summed E-state index contributed by atoms with van der Waals surface area (Å²) in [5.74, 6) is 3.50. The third-order valence-electron chi connectivity index (χ3n) is 0.382. The van der Waals surface area contributed by atoms with Gasteiger partial charge in [-0.05, 0) is 0 Å². The van der Waals surface area contributed by atoms with Gasteiger partial charge in [0.05, 0.1) is 0 Å². The molecule has 0 amide bonds. The van der Waals surface area contributed by atoms with Gasteiger partial charge in [-0.15, -0.1) is 0 Å². The summed E-state index contributed by atoms with van der Waals surface area (Å²) < 4.78 is 0. The number of nitrogens with one attached hydrogen (secondary N) is 1. The van der Waals surface area contributed by atoms with Gasteiger partial charge in [-0.3, -0.25) is 5.43 Å². The molecule has 0 rings (SSSR count). The lowest BCUT2D eigenvalue weighted by atomic mass is 10.8. The van der Waals surface area contributed by atoms with Crippen LogP contribution >= 0.6 is 0 Å². The number of nitrogens with zero attached hydrogens (tertiary/aromatic N) is 2. The number of hydrogen-bond acceptors (Lipinski definition) is 4. The topological polar surface area (TPSA) is 100 Å². The maximum atomic E-state index is 9.70. The Hall–Kier alpha value is -1.59. The lowest BCUT2D eigenvalue weighted by molar-refractivity contribution is -0.128. The van der Waals surface area contributed by atoms with Crippen LogP contribution in [-0.4, -0.2) is 23.6 Å². The minimum Gasteiger partial charge on any atom is -0.477 e. The van der Waals surface area contributed by atoms with Crippen LogP contribution in [0.3, 0.4) is 0 Å². The Kier molecular flexibility index (Phi) is 3.76. The Morgan fingerprint density at radius 1 is 1.78 bits per heavy atom. The molecular weight excluding hydrogens is 124 g/mol. The quantitative estimate of drug-likeness (QED) is 0.188. The summed E-state index contributed by atoms with van der Waals surface area (Å²) >= 11 is 0. The second-order valence-electron chi connectivity index (χ2n) is 1.00. The molecule has 50 valence electrons. The second-order valence-corrected chi connectivity index (χ2v) is 1.00. The average Bonchev–Trinajstić information content (AvgIpc) is 1.80. The van der Waals surface area contributed by atoms with Gasteiger partial charge in [0.15, 0.2) is 0 Å². The Labute approximate surface area is 51.0 Å². The fourth-order valence-electron chi connectivity index (χ4n) is 0.159. The van der Waals surface area contributed by atoms with Crippen LogP contribution in [0, 0.1) is 0 Å². The molecular formula is C3H6N4O2. The lowest BCUT2D eigenvalue weighted by Gasteiger charge is -1.82. The molecule has 0 aliphatic carbocycles. The van der Waals surface area contributed by atoms with Gasteiger partial charge < -0.3 is 10.9 Å². The third kappa shape index (κ3) is 6.41. The summed E-state index contributed by atoms with van der Waals surface area (Å²) in [7, 11) is 0. The second kappa shape index (κ2) is 4.57. The molecule has 0 aromatic heterocycles. The van der Waals surface area contributed by atoms with E-state index in [0.717, 1.165) is 6.34 Å². The fraction of sp³-hybridized carbons (Fsp3) is 0. The molecule has 0 spiro atoms. The number of hydrogen-bond donors (Lipinski definition) is 3. The molecule has 0 aliphatic rings. The minimum atomic E-state index is -1.13. The van der Waals surface area contributed by atoms with E-state index in [9.17, 15) is 4.79 Å². The SMILES string of the molecule is NN=CNN=CC(=O)O. The maximum absolute atomic E-state index is 9.70. The van der Waals surface area contributed by atoms with Crippen molar-refractivity contribution in [1.29, 1.82) is 0 Å². The molecule has 0 saturated carbocycles. The van der Waals surface area contributed by atoms with E-state index in [0.29, 0.717) is 6.21 Å². The van der Waals surface area contributed by atoms with Crippen molar-refractivity contribution in [3.63, 3.8) is 0 Å². The van der Waals surface area contributed by atoms with Crippen molar-refractivity contribution in [2.24, 2.45) is 16.0 Å². The van der Waals surface area contributed by atoms with Crippen molar-refractivity contribution in [1.82, 2.24) is 5.43 Å². The van der Waals surface area contributed by atoms with Crippen LogP contribution in [0.5, 0.6) is 0 Å². The van der Waals surface area contributed by atoms with Gasteiger partial charge >= 0.3 is 5.97 Å². The normalized spacial score (nSPS) is 10.7. The predicted molar refractivity (Wildman–Crippen MR) is 31.9 cm³/mol. The summed E-state index contributed by atoms with van der Waals surface area (Å²) in [6, 6.07) is 0. The van der Waals surface area contributed by atoms with Crippen LogP contribution in [-0.2, 0) is 4.79 Å². The highest BCUT2D eigenvalue weighted by atomic mass is 16.4. The number of carbonyl (C=O) groups is 1. The smallest absolute Gasteiger partial charge is 0.348 e. The number of rotatable bonds is 3. The molecule has 0 aromatic rings. The Morgan fingerprint density at radius 3 is 2.89 bits per heavy atom. The zero-order chi connectivity index (χ0) is 7.11. The van der Waals surface area contributed by atoms with Crippen LogP contribution in [0.25, 0.3) is 0 Å². The predicted octanol–water partition coefficient (Wildman–Crippen LogP) is -1.45. The molecule has 9 heavy (non-hydrogen) atoms. The average molecular weight is 130 g/mol. The first-order valence-electron chi connectivity index (χ1n) is 2.00. The van der Waals surface area contributed by atoms with Crippen molar-refractivity contribution in [2.75, 3.05) is 0 Å². The number of carboxylic acid groups (broad SMARTS) is 1. The van der Waals surface area contributed by atoms with E-state index in [1.54, 1.807) is 0 Å². The van der Waals surface area contributed by atoms with Crippen molar-refractivity contribution >= 4 is 18.5 Å². The summed E-state index contributed by atoms with van der Waals surface area (Å²) in [6.07, 6.45) is 1.74. The zero-order valence-corrected chi connectivity index (χ0v) is 4.48. The first-order valence-corrected chi connectivity index (χ1v) is 2.00. The summed E-state index contributed by atoms with van der Waals surface area (Å²) in [4.78, 5) is 9.70.